The number of halogens is 1. The molecule has 0 spiro atoms. The van der Waals surface area contributed by atoms with Crippen LogP contribution in [0.2, 0.25) is 0 Å². The van der Waals surface area contributed by atoms with Gasteiger partial charge in [0.2, 0.25) is 0 Å². The van der Waals surface area contributed by atoms with Gasteiger partial charge in [0.1, 0.15) is 0 Å². The number of hydrogen-bond acceptors (Lipinski definition) is 0. The van der Waals surface area contributed by atoms with Crippen molar-refractivity contribution in [3.05, 3.63) is 95.2 Å². The van der Waals surface area contributed by atoms with Gasteiger partial charge >= 0.3 is 0 Å². The summed E-state index contributed by atoms with van der Waals surface area (Å²) in [6, 6.07) is 24.0. The molecule has 0 N–H and O–H groups in total. The van der Waals surface area contributed by atoms with Crippen LogP contribution >= 0.6 is 23.9 Å². The Hall–Kier alpha value is -1.69. The van der Waals surface area contributed by atoms with Crippen LogP contribution in [-0.2, 0) is 0 Å². The van der Waals surface area contributed by atoms with Gasteiger partial charge in [0.25, 0.3) is 0 Å². The Bertz CT molecular complexity index is 865. The Labute approximate surface area is 147 Å². The zero-order chi connectivity index (χ0) is 16.2. The van der Waals surface area contributed by atoms with Gasteiger partial charge in [-0.1, -0.05) is 83.2 Å². The summed E-state index contributed by atoms with van der Waals surface area (Å²) in [5, 5.41) is 6.64. The van der Waals surface area contributed by atoms with Gasteiger partial charge in [-0.15, -0.1) is 0 Å². The topological polar surface area (TPSA) is 0 Å². The average Bonchev–Trinajstić information content (AvgIpc) is 2.56. The molecule has 1 unspecified atom stereocenters. The zero-order valence-corrected chi connectivity index (χ0v) is 15.5. The number of rotatable bonds is 4. The van der Waals surface area contributed by atoms with Crippen LogP contribution in [0.25, 0.3) is 10.8 Å². The van der Waals surface area contributed by atoms with Gasteiger partial charge in [0.05, 0.1) is 0 Å². The van der Waals surface area contributed by atoms with Crippen LogP contribution < -0.4 is 10.6 Å². The smallest absolute Gasteiger partial charge is 0.0181 e. The van der Waals surface area contributed by atoms with Crippen LogP contribution in [0.1, 0.15) is 6.92 Å². The molecule has 0 saturated heterocycles. The van der Waals surface area contributed by atoms with Crippen molar-refractivity contribution < 1.29 is 0 Å². The van der Waals surface area contributed by atoms with Gasteiger partial charge in [-0.25, -0.2) is 0 Å². The fraction of sp³-hybridized carbons (Fsp3) is 0.0476. The van der Waals surface area contributed by atoms with Gasteiger partial charge in [-0.3, -0.25) is 0 Å². The van der Waals surface area contributed by atoms with Gasteiger partial charge in [0.15, 0.2) is 0 Å². The van der Waals surface area contributed by atoms with Gasteiger partial charge in [0, 0.05) is 4.47 Å². The monoisotopic (exact) mass is 380 g/mol. The summed E-state index contributed by atoms with van der Waals surface area (Å²) in [6.07, 6.45) is 4.01. The lowest BCUT2D eigenvalue weighted by molar-refractivity contribution is 1.65. The van der Waals surface area contributed by atoms with E-state index in [9.17, 15) is 0 Å². The molecule has 3 aromatic rings. The minimum atomic E-state index is -0.521. The van der Waals surface area contributed by atoms with E-state index in [1.54, 1.807) is 0 Å². The van der Waals surface area contributed by atoms with Crippen LogP contribution in [0.5, 0.6) is 0 Å². The van der Waals surface area contributed by atoms with Gasteiger partial charge in [-0.05, 0) is 59.7 Å². The minimum Gasteiger partial charge on any atom is -0.0991 e. The third-order valence-corrected chi connectivity index (χ3v) is 6.73. The second-order valence-electron chi connectivity index (χ2n) is 5.39. The van der Waals surface area contributed by atoms with Crippen LogP contribution in [0, 0.1) is 0 Å². The van der Waals surface area contributed by atoms with E-state index in [0.29, 0.717) is 0 Å². The van der Waals surface area contributed by atoms with Crippen LogP contribution in [0.15, 0.2) is 95.2 Å². The Morgan fingerprint density at radius 1 is 0.913 bits per heavy atom. The molecule has 0 aliphatic carbocycles. The molecule has 1 atom stereocenters. The quantitative estimate of drug-likeness (QED) is 0.377. The predicted octanol–water partition coefficient (Wildman–Crippen LogP) is 6.12. The molecule has 0 heterocycles. The summed E-state index contributed by atoms with van der Waals surface area (Å²) >= 11 is 3.54. The highest BCUT2D eigenvalue weighted by molar-refractivity contribution is 9.10. The summed E-state index contributed by atoms with van der Waals surface area (Å²) in [7, 11) is -0.521. The lowest BCUT2D eigenvalue weighted by Crippen LogP contribution is -2.12. The number of hydrogen-bond donors (Lipinski definition) is 0. The molecule has 0 aliphatic heterocycles. The van der Waals surface area contributed by atoms with Crippen LogP contribution in [0.4, 0.5) is 0 Å². The lowest BCUT2D eigenvalue weighted by Gasteiger charge is -2.20. The SMILES string of the molecule is C=CC=C(C)P(c1ccccc1)c1ccc2cc(Br)ccc2c1. The second kappa shape index (κ2) is 7.25. The molecule has 0 aliphatic rings. The molecule has 114 valence electrons. The van der Waals surface area contributed by atoms with Crippen molar-refractivity contribution in [2.45, 2.75) is 6.92 Å². The molecule has 0 amide bonds. The summed E-state index contributed by atoms with van der Waals surface area (Å²) in [5.41, 5.74) is 0. The largest absolute Gasteiger partial charge is 0.0991 e. The summed E-state index contributed by atoms with van der Waals surface area (Å²) in [6.45, 7) is 6.06. The molecule has 3 rings (SSSR count). The van der Waals surface area contributed by atoms with Crippen molar-refractivity contribution in [2.75, 3.05) is 0 Å². The van der Waals surface area contributed by atoms with Crippen LogP contribution in [-0.4, -0.2) is 0 Å². The van der Waals surface area contributed by atoms with Crippen molar-refractivity contribution >= 4 is 45.2 Å². The number of benzene rings is 3. The maximum atomic E-state index is 3.86. The fourth-order valence-electron chi connectivity index (χ4n) is 2.72. The van der Waals surface area contributed by atoms with Gasteiger partial charge in [-0.2, -0.15) is 0 Å². The predicted molar refractivity (Wildman–Crippen MR) is 108 cm³/mol. The van der Waals surface area contributed by atoms with Gasteiger partial charge < -0.3 is 0 Å². The highest BCUT2D eigenvalue weighted by Crippen LogP contribution is 2.43. The maximum absolute atomic E-state index is 3.86. The number of allylic oxidation sites excluding steroid dienone is 3. The first kappa shape index (κ1) is 16.2. The molecule has 0 radical (unpaired) electrons. The van der Waals surface area contributed by atoms with Crippen molar-refractivity contribution in [3.63, 3.8) is 0 Å². The summed E-state index contributed by atoms with van der Waals surface area (Å²) in [4.78, 5) is 0. The summed E-state index contributed by atoms with van der Waals surface area (Å²) < 4.78 is 1.12. The molecule has 0 fully saturated rings. The van der Waals surface area contributed by atoms with Crippen molar-refractivity contribution in [2.24, 2.45) is 0 Å². The van der Waals surface area contributed by atoms with E-state index >= 15 is 0 Å². The molecule has 0 bridgehead atoms. The highest BCUT2D eigenvalue weighted by Gasteiger charge is 2.15. The van der Waals surface area contributed by atoms with Crippen LogP contribution in [0.3, 0.4) is 0 Å². The lowest BCUT2D eigenvalue weighted by atomic mass is 10.1. The summed E-state index contributed by atoms with van der Waals surface area (Å²) in [5.74, 6) is 0. The van der Waals surface area contributed by atoms with E-state index in [1.165, 1.54) is 26.7 Å². The maximum Gasteiger partial charge on any atom is 0.0181 e. The normalized spacial score (nSPS) is 13.0. The Morgan fingerprint density at radius 3 is 2.35 bits per heavy atom. The Kier molecular flexibility index (Phi) is 5.10. The molecule has 0 aromatic heterocycles. The fourth-order valence-corrected chi connectivity index (χ4v) is 5.43. The molecule has 2 heteroatoms. The van der Waals surface area contributed by atoms with E-state index in [-0.39, 0.29) is 0 Å². The van der Waals surface area contributed by atoms with E-state index in [4.69, 9.17) is 0 Å². The van der Waals surface area contributed by atoms with E-state index in [0.717, 1.165) is 4.47 Å². The van der Waals surface area contributed by atoms with Crippen molar-refractivity contribution in [3.8, 4) is 0 Å². The van der Waals surface area contributed by atoms with Crippen molar-refractivity contribution in [1.29, 1.82) is 0 Å². The molecule has 0 nitrogen and oxygen atoms in total. The molecule has 23 heavy (non-hydrogen) atoms. The highest BCUT2D eigenvalue weighted by atomic mass is 79.9. The standard InChI is InChI=1S/C21H18BrP/c1-3-7-16(2)23(20-8-5-4-6-9-20)21-13-11-17-14-19(22)12-10-18(17)15-21/h3-15H,1H2,2H3. The Morgan fingerprint density at radius 2 is 1.61 bits per heavy atom. The third-order valence-electron chi connectivity index (χ3n) is 3.77. The second-order valence-corrected chi connectivity index (χ2v) is 8.72. The van der Waals surface area contributed by atoms with E-state index in [2.05, 4.69) is 102 Å². The third kappa shape index (κ3) is 3.63. The van der Waals surface area contributed by atoms with E-state index in [1.807, 2.05) is 6.08 Å². The molecular formula is C21H18BrP. The number of fused-ring (bicyclic) bond motifs is 1. The first-order valence-electron chi connectivity index (χ1n) is 7.53. The minimum absolute atomic E-state index is 0.521. The first-order chi connectivity index (χ1) is 11.2. The molecule has 0 saturated carbocycles. The molecule has 3 aromatic carbocycles. The first-order valence-corrected chi connectivity index (χ1v) is 9.66. The zero-order valence-electron chi connectivity index (χ0n) is 13.0. The van der Waals surface area contributed by atoms with E-state index < -0.39 is 7.92 Å². The Balaban J connectivity index is 2.15. The molecular weight excluding hydrogens is 363 g/mol. The average molecular weight is 381 g/mol. The van der Waals surface area contributed by atoms with Crippen molar-refractivity contribution in [1.82, 2.24) is 0 Å².